The number of aliphatic hydroxyl groups is 1. The van der Waals surface area contributed by atoms with Crippen LogP contribution in [0, 0.1) is 6.92 Å². The largest absolute Gasteiger partial charge is 0.416 e. The van der Waals surface area contributed by atoms with E-state index in [1.807, 2.05) is 38.1 Å². The van der Waals surface area contributed by atoms with Crippen molar-refractivity contribution in [3.05, 3.63) is 63.7 Å². The molecule has 0 aliphatic carbocycles. The van der Waals surface area contributed by atoms with Gasteiger partial charge in [0.2, 0.25) is 10.0 Å². The van der Waals surface area contributed by atoms with Crippen molar-refractivity contribution < 1.29 is 26.7 Å². The first-order valence-corrected chi connectivity index (χ1v) is 17.9. The molecular formula is C32H43F3N8O4S. The van der Waals surface area contributed by atoms with Crippen molar-refractivity contribution in [2.45, 2.75) is 63.9 Å². The van der Waals surface area contributed by atoms with Gasteiger partial charge in [-0.1, -0.05) is 12.1 Å². The zero-order valence-electron chi connectivity index (χ0n) is 27.6. The third-order valence-corrected chi connectivity index (χ3v) is 9.52. The number of aromatic amines is 1. The monoisotopic (exact) mass is 692 g/mol. The number of aliphatic hydroxyl groups excluding tert-OH is 1. The topological polar surface area (TPSA) is 141 Å². The average Bonchev–Trinajstić information content (AvgIpc) is 3.50. The molecule has 5 rings (SSSR count). The van der Waals surface area contributed by atoms with Gasteiger partial charge in [0.1, 0.15) is 5.82 Å². The molecule has 3 aromatic heterocycles. The van der Waals surface area contributed by atoms with Gasteiger partial charge in [-0.2, -0.15) is 18.3 Å². The summed E-state index contributed by atoms with van der Waals surface area (Å²) < 4.78 is 68.4. The molecule has 0 bridgehead atoms. The molecule has 1 fully saturated rings. The number of piperidine rings is 1. The molecule has 16 heteroatoms. The summed E-state index contributed by atoms with van der Waals surface area (Å²) in [6.45, 7) is 4.05. The van der Waals surface area contributed by atoms with Crippen LogP contribution in [0.5, 0.6) is 0 Å². The van der Waals surface area contributed by atoms with E-state index in [0.717, 1.165) is 35.5 Å². The Labute approximate surface area is 277 Å². The SMILES string of the molecule is Cc1c(-c2ccc(C(F)(F)F)cc2)nn(CC(O)CN2CCC(n3c(=O)[nH]c4ccc(N(C)C)nc43)CC2)c1CCCCNS(C)(=O)=O. The minimum atomic E-state index is -4.45. The highest BCUT2D eigenvalue weighted by molar-refractivity contribution is 7.88. The maximum Gasteiger partial charge on any atom is 0.416 e. The van der Waals surface area contributed by atoms with Crippen LogP contribution >= 0.6 is 0 Å². The Bertz CT molecular complexity index is 1880. The summed E-state index contributed by atoms with van der Waals surface area (Å²) in [4.78, 5) is 24.5. The van der Waals surface area contributed by atoms with Gasteiger partial charge in [-0.15, -0.1) is 0 Å². The van der Waals surface area contributed by atoms with E-state index in [4.69, 9.17) is 10.1 Å². The number of fused-ring (bicyclic) bond motifs is 1. The van der Waals surface area contributed by atoms with E-state index < -0.39 is 27.9 Å². The van der Waals surface area contributed by atoms with Crippen LogP contribution in [0.2, 0.25) is 0 Å². The fourth-order valence-corrected chi connectivity index (χ4v) is 6.83. The van der Waals surface area contributed by atoms with E-state index in [-0.39, 0.29) is 24.8 Å². The fraction of sp³-hybridized carbons (Fsp3) is 0.531. The molecule has 262 valence electrons. The molecule has 1 atom stereocenters. The second-order valence-corrected chi connectivity index (χ2v) is 14.6. The normalized spacial score (nSPS) is 15.8. The lowest BCUT2D eigenvalue weighted by molar-refractivity contribution is -0.137. The Morgan fingerprint density at radius 1 is 1.08 bits per heavy atom. The molecule has 0 amide bonds. The number of alkyl halides is 3. The molecule has 3 N–H and O–H groups in total. The van der Waals surface area contributed by atoms with Gasteiger partial charge in [-0.25, -0.2) is 22.9 Å². The van der Waals surface area contributed by atoms with E-state index in [0.29, 0.717) is 74.2 Å². The number of hydrogen-bond donors (Lipinski definition) is 3. The molecule has 1 unspecified atom stereocenters. The predicted molar refractivity (Wildman–Crippen MR) is 179 cm³/mol. The van der Waals surface area contributed by atoms with Crippen LogP contribution in [0.4, 0.5) is 19.0 Å². The Morgan fingerprint density at radius 3 is 2.40 bits per heavy atom. The quantitative estimate of drug-likeness (QED) is 0.181. The summed E-state index contributed by atoms with van der Waals surface area (Å²) in [5, 5.41) is 16.0. The number of sulfonamides is 1. The Kier molecular flexibility index (Phi) is 10.7. The summed E-state index contributed by atoms with van der Waals surface area (Å²) in [5.74, 6) is 0.760. The number of rotatable bonds is 13. The van der Waals surface area contributed by atoms with Crippen LogP contribution in [0.25, 0.3) is 22.4 Å². The van der Waals surface area contributed by atoms with Gasteiger partial charge in [-0.05, 0) is 68.9 Å². The van der Waals surface area contributed by atoms with E-state index in [1.165, 1.54) is 12.1 Å². The molecule has 0 saturated carbocycles. The fourth-order valence-electron chi connectivity index (χ4n) is 6.31. The molecule has 4 aromatic rings. The maximum absolute atomic E-state index is 13.2. The van der Waals surface area contributed by atoms with Crippen LogP contribution in [0.15, 0.2) is 41.2 Å². The van der Waals surface area contributed by atoms with Crippen LogP contribution in [-0.2, 0) is 29.2 Å². The Balaban J connectivity index is 1.27. The van der Waals surface area contributed by atoms with Crippen LogP contribution in [0.3, 0.4) is 0 Å². The lowest BCUT2D eigenvalue weighted by atomic mass is 10.0. The summed E-state index contributed by atoms with van der Waals surface area (Å²) in [5.41, 5.74) is 3.10. The van der Waals surface area contributed by atoms with Crippen molar-refractivity contribution in [1.29, 1.82) is 0 Å². The Hall–Kier alpha value is -3.73. The lowest BCUT2D eigenvalue weighted by Gasteiger charge is -2.33. The standard InChI is InChI=1S/C32H43F3N8O4S/c1-21-27(7-5-6-16-36-48(4,46)47)42(39-29(21)22-8-10-23(11-9-22)32(33,34)35)20-25(44)19-41-17-14-24(15-18-41)43-30-26(37-31(43)45)12-13-28(38-30)40(2)3/h8-13,24-25,36,44H,5-7,14-20H2,1-4H3,(H,37,45). The van der Waals surface area contributed by atoms with Crippen molar-refractivity contribution in [3.8, 4) is 11.3 Å². The number of anilines is 1. The third-order valence-electron chi connectivity index (χ3n) is 8.79. The number of halogens is 3. The molecule has 1 aromatic carbocycles. The van der Waals surface area contributed by atoms with E-state index in [2.05, 4.69) is 14.6 Å². The zero-order valence-corrected chi connectivity index (χ0v) is 28.4. The number of hydrogen-bond acceptors (Lipinski definition) is 8. The number of benzene rings is 1. The highest BCUT2D eigenvalue weighted by atomic mass is 32.2. The highest BCUT2D eigenvalue weighted by Crippen LogP contribution is 2.32. The molecule has 0 spiro atoms. The summed E-state index contributed by atoms with van der Waals surface area (Å²) in [7, 11) is 0.494. The van der Waals surface area contributed by atoms with Gasteiger partial charge in [0, 0.05) is 57.6 Å². The van der Waals surface area contributed by atoms with Crippen molar-refractivity contribution in [3.63, 3.8) is 0 Å². The second kappa shape index (κ2) is 14.4. The van der Waals surface area contributed by atoms with Crippen LogP contribution < -0.4 is 15.3 Å². The van der Waals surface area contributed by atoms with Crippen molar-refractivity contribution >= 4 is 27.0 Å². The van der Waals surface area contributed by atoms with Crippen LogP contribution in [-0.4, -0.2) is 95.4 Å². The number of pyridine rings is 1. The van der Waals surface area contributed by atoms with Gasteiger partial charge >= 0.3 is 11.9 Å². The van der Waals surface area contributed by atoms with Gasteiger partial charge in [0.05, 0.1) is 35.7 Å². The lowest BCUT2D eigenvalue weighted by Crippen LogP contribution is -2.42. The second-order valence-electron chi connectivity index (χ2n) is 12.7. The summed E-state index contributed by atoms with van der Waals surface area (Å²) in [6.07, 6.45) is -0.947. The number of imidazole rings is 1. The molecule has 1 saturated heterocycles. The van der Waals surface area contributed by atoms with Crippen molar-refractivity contribution in [2.24, 2.45) is 0 Å². The third kappa shape index (κ3) is 8.46. The maximum atomic E-state index is 13.2. The first-order chi connectivity index (χ1) is 22.6. The number of nitrogens with zero attached hydrogens (tertiary/aromatic N) is 6. The molecule has 12 nitrogen and oxygen atoms in total. The average molecular weight is 693 g/mol. The number of aromatic nitrogens is 5. The number of β-amino-alcohol motifs (C(OH)–C–C–N with tert-alkyl or cyclic N) is 1. The minimum absolute atomic E-state index is 0.0339. The smallest absolute Gasteiger partial charge is 0.390 e. The first-order valence-electron chi connectivity index (χ1n) is 16.0. The number of nitrogens with one attached hydrogen (secondary N) is 2. The van der Waals surface area contributed by atoms with Crippen molar-refractivity contribution in [1.82, 2.24) is 33.9 Å². The molecule has 0 radical (unpaired) electrons. The molecule has 1 aliphatic rings. The first kappa shape index (κ1) is 35.6. The number of unbranched alkanes of at least 4 members (excludes halogenated alkanes) is 1. The summed E-state index contributed by atoms with van der Waals surface area (Å²) in [6, 6.07) is 8.56. The minimum Gasteiger partial charge on any atom is -0.390 e. The molecular weight excluding hydrogens is 649 g/mol. The highest BCUT2D eigenvalue weighted by Gasteiger charge is 2.30. The number of likely N-dealkylation sites (tertiary alicyclic amines) is 1. The van der Waals surface area contributed by atoms with Gasteiger partial charge in [-0.3, -0.25) is 9.25 Å². The predicted octanol–water partition coefficient (Wildman–Crippen LogP) is 3.55. The van der Waals surface area contributed by atoms with E-state index >= 15 is 0 Å². The van der Waals surface area contributed by atoms with E-state index in [1.54, 1.807) is 9.25 Å². The molecule has 1 aliphatic heterocycles. The van der Waals surface area contributed by atoms with Crippen LogP contribution in [0.1, 0.15) is 48.5 Å². The van der Waals surface area contributed by atoms with E-state index in [9.17, 15) is 31.5 Å². The van der Waals surface area contributed by atoms with Crippen molar-refractivity contribution in [2.75, 3.05) is 51.4 Å². The molecule has 48 heavy (non-hydrogen) atoms. The Morgan fingerprint density at radius 2 is 1.77 bits per heavy atom. The van der Waals surface area contributed by atoms with Gasteiger partial charge in [0.15, 0.2) is 5.65 Å². The number of H-pyrrole nitrogens is 1. The molecule has 4 heterocycles. The van der Waals surface area contributed by atoms with Gasteiger partial charge in [0.25, 0.3) is 0 Å². The zero-order chi connectivity index (χ0) is 34.8. The summed E-state index contributed by atoms with van der Waals surface area (Å²) >= 11 is 0. The van der Waals surface area contributed by atoms with Gasteiger partial charge < -0.3 is 19.9 Å².